The highest BCUT2D eigenvalue weighted by Gasteiger charge is 2.10. The summed E-state index contributed by atoms with van der Waals surface area (Å²) in [4.78, 5) is 4.47. The fourth-order valence-corrected chi connectivity index (χ4v) is 2.42. The molecule has 2 N–H and O–H groups in total. The molecule has 2 aromatic carbocycles. The van der Waals surface area contributed by atoms with Gasteiger partial charge in [-0.15, -0.1) is 0 Å². The fourth-order valence-electron chi connectivity index (χ4n) is 2.16. The summed E-state index contributed by atoms with van der Waals surface area (Å²) in [6.07, 6.45) is 0.622. The molecule has 0 amide bonds. The van der Waals surface area contributed by atoms with Gasteiger partial charge in [0.2, 0.25) is 0 Å². The lowest BCUT2D eigenvalue weighted by molar-refractivity contribution is 0.542. The normalized spacial score (nSPS) is 11.1. The number of rotatable bonds is 2. The highest BCUT2D eigenvalue weighted by molar-refractivity contribution is 6.31. The van der Waals surface area contributed by atoms with Crippen molar-refractivity contribution in [2.24, 2.45) is 0 Å². The molecule has 0 unspecified atom stereocenters. The van der Waals surface area contributed by atoms with Crippen LogP contribution in [0.2, 0.25) is 5.02 Å². The maximum atomic E-state index is 6.02. The lowest BCUT2D eigenvalue weighted by Gasteiger charge is -1.98. The van der Waals surface area contributed by atoms with Crippen LogP contribution in [0.25, 0.3) is 11.1 Å². The number of hydrogen-bond donors (Lipinski definition) is 1. The molecular weight excluding hydrogens is 260 g/mol. The fraction of sp³-hybridized carbons (Fsp3) is 0.133. The second kappa shape index (κ2) is 4.59. The van der Waals surface area contributed by atoms with Crippen molar-refractivity contribution in [3.05, 3.63) is 58.4 Å². The third-order valence-corrected chi connectivity index (χ3v) is 3.21. The van der Waals surface area contributed by atoms with Crippen molar-refractivity contribution in [2.45, 2.75) is 13.3 Å². The maximum absolute atomic E-state index is 6.02. The van der Waals surface area contributed by atoms with Crippen LogP contribution >= 0.6 is 11.6 Å². The Kier molecular flexibility index (Phi) is 2.91. The average Bonchev–Trinajstić information content (AvgIpc) is 2.71. The van der Waals surface area contributed by atoms with E-state index >= 15 is 0 Å². The van der Waals surface area contributed by atoms with Crippen molar-refractivity contribution in [3.8, 4) is 0 Å². The number of benzene rings is 2. The summed E-state index contributed by atoms with van der Waals surface area (Å²) in [5.74, 6) is 0.672. The van der Waals surface area contributed by atoms with Crippen molar-refractivity contribution >= 4 is 28.4 Å². The number of halogens is 1. The molecule has 4 heteroatoms. The number of aryl methyl sites for hydroxylation is 1. The van der Waals surface area contributed by atoms with Gasteiger partial charge in [-0.1, -0.05) is 23.7 Å². The van der Waals surface area contributed by atoms with Crippen LogP contribution in [0.5, 0.6) is 0 Å². The Bertz CT molecular complexity index is 749. The van der Waals surface area contributed by atoms with E-state index < -0.39 is 0 Å². The summed E-state index contributed by atoms with van der Waals surface area (Å²) >= 11 is 6.02. The number of nitrogens with two attached hydrogens (primary N) is 1. The minimum Gasteiger partial charge on any atom is -0.440 e. The zero-order valence-electron chi connectivity index (χ0n) is 10.5. The second-order valence-corrected chi connectivity index (χ2v) is 5.04. The minimum atomic E-state index is 0.622. The van der Waals surface area contributed by atoms with Crippen molar-refractivity contribution in [2.75, 3.05) is 5.73 Å². The van der Waals surface area contributed by atoms with E-state index in [9.17, 15) is 0 Å². The Morgan fingerprint density at radius 3 is 2.89 bits per heavy atom. The second-order valence-electron chi connectivity index (χ2n) is 4.60. The molecule has 0 atom stereocenters. The molecule has 96 valence electrons. The number of oxazole rings is 1. The van der Waals surface area contributed by atoms with Crippen LogP contribution in [0.4, 0.5) is 5.69 Å². The van der Waals surface area contributed by atoms with Crippen molar-refractivity contribution < 1.29 is 4.42 Å². The average molecular weight is 273 g/mol. The zero-order valence-corrected chi connectivity index (χ0v) is 11.2. The third kappa shape index (κ3) is 2.42. The number of nitrogens with zero attached hydrogens (tertiary/aromatic N) is 1. The van der Waals surface area contributed by atoms with E-state index in [1.807, 2.05) is 43.3 Å². The van der Waals surface area contributed by atoms with Gasteiger partial charge in [0.25, 0.3) is 0 Å². The SMILES string of the molecule is Cc1cc(Cl)cc2nc(Cc3cccc(N)c3)oc12. The Hall–Kier alpha value is -2.00. The highest BCUT2D eigenvalue weighted by atomic mass is 35.5. The van der Waals surface area contributed by atoms with Crippen molar-refractivity contribution in [1.82, 2.24) is 4.98 Å². The maximum Gasteiger partial charge on any atom is 0.199 e. The molecule has 3 nitrogen and oxygen atoms in total. The highest BCUT2D eigenvalue weighted by Crippen LogP contribution is 2.25. The Morgan fingerprint density at radius 1 is 1.26 bits per heavy atom. The van der Waals surface area contributed by atoms with Crippen LogP contribution < -0.4 is 5.73 Å². The van der Waals surface area contributed by atoms with Gasteiger partial charge in [-0.2, -0.15) is 0 Å². The van der Waals surface area contributed by atoms with Gasteiger partial charge in [0, 0.05) is 17.1 Å². The van der Waals surface area contributed by atoms with Crippen LogP contribution in [-0.2, 0) is 6.42 Å². The molecule has 0 aliphatic heterocycles. The molecular formula is C15H13ClN2O. The molecule has 0 aliphatic rings. The largest absolute Gasteiger partial charge is 0.440 e. The summed E-state index contributed by atoms with van der Waals surface area (Å²) in [6.45, 7) is 1.96. The predicted octanol–water partition coefficient (Wildman–Crippen LogP) is 3.96. The van der Waals surface area contributed by atoms with E-state index in [0.717, 1.165) is 27.9 Å². The molecule has 0 spiro atoms. The number of fused-ring (bicyclic) bond motifs is 1. The Morgan fingerprint density at radius 2 is 2.11 bits per heavy atom. The first-order chi connectivity index (χ1) is 9.11. The van der Waals surface area contributed by atoms with Crippen LogP contribution in [0, 0.1) is 6.92 Å². The molecule has 1 heterocycles. The van der Waals surface area contributed by atoms with Gasteiger partial charge in [0.1, 0.15) is 5.52 Å². The number of hydrogen-bond acceptors (Lipinski definition) is 3. The summed E-state index contributed by atoms with van der Waals surface area (Å²) in [5, 5.41) is 0.675. The lowest BCUT2D eigenvalue weighted by atomic mass is 10.1. The summed E-state index contributed by atoms with van der Waals surface area (Å²) in [5.41, 5.74) is 10.2. The van der Waals surface area contributed by atoms with Crippen LogP contribution in [0.3, 0.4) is 0 Å². The molecule has 0 saturated carbocycles. The van der Waals surface area contributed by atoms with E-state index in [2.05, 4.69) is 4.98 Å². The lowest BCUT2D eigenvalue weighted by Crippen LogP contribution is -1.90. The summed E-state index contributed by atoms with van der Waals surface area (Å²) in [6, 6.07) is 11.4. The van der Waals surface area contributed by atoms with Crippen LogP contribution in [0.1, 0.15) is 17.0 Å². The van der Waals surface area contributed by atoms with Gasteiger partial charge >= 0.3 is 0 Å². The standard InChI is InChI=1S/C15H13ClN2O/c1-9-5-11(16)8-13-15(9)19-14(18-13)7-10-3-2-4-12(17)6-10/h2-6,8H,7,17H2,1H3. The van der Waals surface area contributed by atoms with Crippen molar-refractivity contribution in [1.29, 1.82) is 0 Å². The molecule has 0 saturated heterocycles. The van der Waals surface area contributed by atoms with Gasteiger partial charge in [-0.05, 0) is 42.3 Å². The first-order valence-corrected chi connectivity index (χ1v) is 6.39. The van der Waals surface area contributed by atoms with E-state index in [0.29, 0.717) is 17.3 Å². The van der Waals surface area contributed by atoms with E-state index in [-0.39, 0.29) is 0 Å². The van der Waals surface area contributed by atoms with Crippen molar-refractivity contribution in [3.63, 3.8) is 0 Å². The van der Waals surface area contributed by atoms with E-state index in [1.54, 1.807) is 0 Å². The van der Waals surface area contributed by atoms with Crippen LogP contribution in [-0.4, -0.2) is 4.98 Å². The Labute approximate surface area is 116 Å². The van der Waals surface area contributed by atoms with Crippen LogP contribution in [0.15, 0.2) is 40.8 Å². The molecule has 0 radical (unpaired) electrons. The molecule has 19 heavy (non-hydrogen) atoms. The van der Waals surface area contributed by atoms with Gasteiger partial charge in [0.05, 0.1) is 0 Å². The zero-order chi connectivity index (χ0) is 13.4. The molecule has 3 aromatic rings. The molecule has 0 aliphatic carbocycles. The van der Waals surface area contributed by atoms with Gasteiger partial charge in [0.15, 0.2) is 11.5 Å². The summed E-state index contributed by atoms with van der Waals surface area (Å²) in [7, 11) is 0. The molecule has 0 bridgehead atoms. The topological polar surface area (TPSA) is 52.0 Å². The molecule has 3 rings (SSSR count). The Balaban J connectivity index is 2.00. The smallest absolute Gasteiger partial charge is 0.199 e. The first-order valence-electron chi connectivity index (χ1n) is 6.02. The minimum absolute atomic E-state index is 0.622. The predicted molar refractivity (Wildman–Crippen MR) is 77.4 cm³/mol. The van der Waals surface area contributed by atoms with E-state index in [4.69, 9.17) is 21.8 Å². The number of nitrogen functional groups attached to an aromatic ring is 1. The van der Waals surface area contributed by atoms with Gasteiger partial charge < -0.3 is 10.2 Å². The first kappa shape index (κ1) is 12.1. The van der Waals surface area contributed by atoms with E-state index in [1.165, 1.54) is 0 Å². The number of aromatic nitrogens is 1. The molecule has 0 fully saturated rings. The third-order valence-electron chi connectivity index (χ3n) is 2.99. The van der Waals surface area contributed by atoms with Gasteiger partial charge in [-0.3, -0.25) is 0 Å². The van der Waals surface area contributed by atoms with Gasteiger partial charge in [-0.25, -0.2) is 4.98 Å². The number of anilines is 1. The quantitative estimate of drug-likeness (QED) is 0.718. The monoisotopic (exact) mass is 272 g/mol. The molecule has 1 aromatic heterocycles. The summed E-state index contributed by atoms with van der Waals surface area (Å²) < 4.78 is 5.79.